The third-order valence-electron chi connectivity index (χ3n) is 8.60. The fourth-order valence-electron chi connectivity index (χ4n) is 6.74. The summed E-state index contributed by atoms with van der Waals surface area (Å²) in [6, 6.07) is 3.79. The largest absolute Gasteiger partial charge is 0.504 e. The summed E-state index contributed by atoms with van der Waals surface area (Å²) in [7, 11) is 1.26. The summed E-state index contributed by atoms with van der Waals surface area (Å²) in [5, 5.41) is 12.7. The number of hydrogen-bond donors (Lipinski definition) is 2. The number of amides is 4. The number of allylic oxidation sites excluding steroid dienone is 2. The number of aromatic hydroxyl groups is 1. The van der Waals surface area contributed by atoms with Crippen LogP contribution in [0, 0.1) is 46.8 Å². The standard InChI is InChI=1S/C27H17Cl2F5N2O6/c1-42-13-5-2-8(6-12(13)37)15-9-3-4-10-14(23(39)35-22(10)38)11(9)7-26(28)24(40)36(25(41)27(15,26)29)21-19(33)17(31)16(30)18(32)20(21)34/h2-3,5-6,10-11,14-15,37H,4,7H2,1H3,(H,35,38,39). The topological polar surface area (TPSA) is 113 Å². The number of rotatable bonds is 3. The molecule has 2 aliphatic carbocycles. The average molecular weight is 631 g/mol. The van der Waals surface area contributed by atoms with Crippen molar-refractivity contribution in [3.63, 3.8) is 0 Å². The van der Waals surface area contributed by atoms with Gasteiger partial charge in [-0.2, -0.15) is 0 Å². The molecule has 0 spiro atoms. The summed E-state index contributed by atoms with van der Waals surface area (Å²) in [5.74, 6) is -21.6. The van der Waals surface area contributed by atoms with E-state index in [1.54, 1.807) is 0 Å². The van der Waals surface area contributed by atoms with Crippen LogP contribution in [0.3, 0.4) is 0 Å². The van der Waals surface area contributed by atoms with Crippen molar-refractivity contribution < 1.29 is 51.0 Å². The van der Waals surface area contributed by atoms with Gasteiger partial charge in [0.25, 0.3) is 11.8 Å². The molecule has 0 radical (unpaired) electrons. The maximum atomic E-state index is 14.9. The molecule has 2 aromatic rings. The van der Waals surface area contributed by atoms with E-state index in [4.69, 9.17) is 27.9 Å². The lowest BCUT2D eigenvalue weighted by molar-refractivity contribution is -0.127. The fourth-order valence-corrected chi connectivity index (χ4v) is 7.67. The van der Waals surface area contributed by atoms with Crippen molar-refractivity contribution in [2.45, 2.75) is 28.5 Å². The number of nitrogens with one attached hydrogen (secondary N) is 1. The van der Waals surface area contributed by atoms with E-state index >= 15 is 0 Å². The zero-order valence-corrected chi connectivity index (χ0v) is 22.6. The summed E-state index contributed by atoms with van der Waals surface area (Å²) < 4.78 is 77.2. The van der Waals surface area contributed by atoms with Crippen molar-refractivity contribution in [3.05, 3.63) is 64.5 Å². The van der Waals surface area contributed by atoms with Crippen molar-refractivity contribution in [2.75, 3.05) is 12.0 Å². The highest BCUT2D eigenvalue weighted by Gasteiger charge is 2.77. The lowest BCUT2D eigenvalue weighted by Gasteiger charge is -2.50. The number of carbonyl (C=O) groups excluding carboxylic acids is 4. The molecule has 8 nitrogen and oxygen atoms in total. The number of methoxy groups -OCH3 is 1. The van der Waals surface area contributed by atoms with E-state index in [9.17, 15) is 46.2 Å². The molecule has 0 bridgehead atoms. The van der Waals surface area contributed by atoms with E-state index in [1.807, 2.05) is 0 Å². The smallest absolute Gasteiger partial charge is 0.258 e. The van der Waals surface area contributed by atoms with Gasteiger partial charge in [-0.15, -0.1) is 23.2 Å². The fraction of sp³-hybridized carbons (Fsp3) is 0.333. The molecule has 0 aromatic heterocycles. The molecular formula is C27H17Cl2F5N2O6. The number of phenols is 1. The maximum Gasteiger partial charge on any atom is 0.258 e. The molecule has 42 heavy (non-hydrogen) atoms. The molecule has 220 valence electrons. The van der Waals surface area contributed by atoms with E-state index in [2.05, 4.69) is 5.32 Å². The number of phenolic OH excluding ortho intramolecular Hbond substituents is 1. The van der Waals surface area contributed by atoms with Gasteiger partial charge < -0.3 is 9.84 Å². The molecule has 2 saturated heterocycles. The van der Waals surface area contributed by atoms with E-state index in [0.717, 1.165) is 6.07 Å². The summed E-state index contributed by atoms with van der Waals surface area (Å²) >= 11 is 13.9. The number of anilines is 1. The molecular weight excluding hydrogens is 614 g/mol. The van der Waals surface area contributed by atoms with Crippen LogP contribution in [-0.4, -0.2) is 45.6 Å². The number of imide groups is 2. The third-order valence-corrected chi connectivity index (χ3v) is 10.0. The van der Waals surface area contributed by atoms with Gasteiger partial charge in [0.15, 0.2) is 44.5 Å². The second kappa shape index (κ2) is 9.14. The van der Waals surface area contributed by atoms with E-state index in [-0.39, 0.29) is 28.2 Å². The molecule has 6 rings (SSSR count). The van der Waals surface area contributed by atoms with Crippen molar-refractivity contribution in [2.24, 2.45) is 17.8 Å². The Hall–Kier alpha value is -3.71. The highest BCUT2D eigenvalue weighted by atomic mass is 35.5. The van der Waals surface area contributed by atoms with Crippen LogP contribution in [0.15, 0.2) is 29.8 Å². The van der Waals surface area contributed by atoms with Gasteiger partial charge in [0, 0.05) is 5.92 Å². The average Bonchev–Trinajstić information content (AvgIpc) is 3.32. The van der Waals surface area contributed by atoms with Gasteiger partial charge in [0.2, 0.25) is 17.6 Å². The Balaban J connectivity index is 1.62. The Bertz CT molecular complexity index is 1660. The summed E-state index contributed by atoms with van der Waals surface area (Å²) in [5.41, 5.74) is -1.55. The van der Waals surface area contributed by atoms with Gasteiger partial charge in [-0.25, -0.2) is 26.9 Å². The first kappa shape index (κ1) is 28.4. The Kier molecular flexibility index (Phi) is 6.18. The first-order valence-electron chi connectivity index (χ1n) is 12.4. The van der Waals surface area contributed by atoms with Crippen LogP contribution < -0.4 is 15.0 Å². The zero-order chi connectivity index (χ0) is 30.6. The molecule has 2 heterocycles. The predicted octanol–water partition coefficient (Wildman–Crippen LogP) is 3.95. The van der Waals surface area contributed by atoms with E-state index < -0.39 is 104 Å². The van der Waals surface area contributed by atoms with Crippen LogP contribution in [-0.2, 0) is 19.2 Å². The second-order valence-corrected chi connectivity index (χ2v) is 11.7. The van der Waals surface area contributed by atoms with Gasteiger partial charge in [-0.3, -0.25) is 24.5 Å². The third kappa shape index (κ3) is 3.34. The van der Waals surface area contributed by atoms with E-state index in [0.29, 0.717) is 0 Å². The van der Waals surface area contributed by atoms with Gasteiger partial charge in [0.05, 0.1) is 18.9 Å². The molecule has 1 saturated carbocycles. The molecule has 4 amide bonds. The predicted molar refractivity (Wildman–Crippen MR) is 134 cm³/mol. The minimum atomic E-state index is -2.67. The van der Waals surface area contributed by atoms with Crippen molar-refractivity contribution in [1.82, 2.24) is 5.32 Å². The summed E-state index contributed by atoms with van der Waals surface area (Å²) in [4.78, 5) is 47.8. The maximum absolute atomic E-state index is 14.9. The molecule has 2 aromatic carbocycles. The minimum Gasteiger partial charge on any atom is -0.504 e. The first-order valence-corrected chi connectivity index (χ1v) is 13.2. The Morgan fingerprint density at radius 3 is 2.14 bits per heavy atom. The summed E-state index contributed by atoms with van der Waals surface area (Å²) in [6.07, 6.45) is 0.939. The van der Waals surface area contributed by atoms with Crippen LogP contribution in [0.2, 0.25) is 0 Å². The van der Waals surface area contributed by atoms with Crippen LogP contribution in [0.1, 0.15) is 24.3 Å². The van der Waals surface area contributed by atoms with Gasteiger partial charge in [-0.05, 0) is 36.5 Å². The number of alkyl halides is 2. The highest BCUT2D eigenvalue weighted by Crippen LogP contribution is 2.66. The minimum absolute atomic E-state index is 0.00202. The Labute approximate surface area is 243 Å². The molecule has 2 N–H and O–H groups in total. The lowest BCUT2D eigenvalue weighted by Crippen LogP contribution is -2.60. The number of halogens is 7. The molecule has 6 unspecified atom stereocenters. The Morgan fingerprint density at radius 1 is 0.929 bits per heavy atom. The van der Waals surface area contributed by atoms with Crippen LogP contribution in [0.4, 0.5) is 27.6 Å². The summed E-state index contributed by atoms with van der Waals surface area (Å²) in [6.45, 7) is 0. The number of benzene rings is 2. The number of carbonyl (C=O) groups is 4. The highest BCUT2D eigenvalue weighted by molar-refractivity contribution is 6.58. The van der Waals surface area contributed by atoms with Gasteiger partial charge in [-0.1, -0.05) is 17.7 Å². The van der Waals surface area contributed by atoms with Crippen molar-refractivity contribution >= 4 is 52.5 Å². The van der Waals surface area contributed by atoms with Crippen molar-refractivity contribution in [1.29, 1.82) is 0 Å². The first-order chi connectivity index (χ1) is 19.7. The normalized spacial score (nSPS) is 31.9. The van der Waals surface area contributed by atoms with Crippen molar-refractivity contribution in [3.8, 4) is 11.5 Å². The molecule has 6 atom stereocenters. The monoisotopic (exact) mass is 630 g/mol. The SMILES string of the molecule is COc1ccc(C2C3=CCC4C(=O)NC(=O)C4C3CC3(Cl)C(=O)N(c4c(F)c(F)c(F)c(F)c4F)C(=O)C23Cl)cc1O. The molecule has 3 fully saturated rings. The zero-order valence-electron chi connectivity index (χ0n) is 21.1. The quantitative estimate of drug-likeness (QED) is 0.133. The van der Waals surface area contributed by atoms with Gasteiger partial charge in [0.1, 0.15) is 5.69 Å². The Morgan fingerprint density at radius 2 is 1.55 bits per heavy atom. The van der Waals surface area contributed by atoms with E-state index in [1.165, 1.54) is 25.3 Å². The molecule has 4 aliphatic rings. The van der Waals surface area contributed by atoms with Crippen LogP contribution in [0.5, 0.6) is 11.5 Å². The van der Waals surface area contributed by atoms with Crippen LogP contribution >= 0.6 is 23.2 Å². The van der Waals surface area contributed by atoms with Crippen LogP contribution in [0.25, 0.3) is 0 Å². The number of nitrogens with zero attached hydrogens (tertiary/aromatic N) is 1. The lowest BCUT2D eigenvalue weighted by atomic mass is 9.56. The number of fused-ring (bicyclic) bond motifs is 4. The van der Waals surface area contributed by atoms with Gasteiger partial charge >= 0.3 is 0 Å². The number of ether oxygens (including phenoxy) is 1. The molecule has 15 heteroatoms. The number of hydrogen-bond acceptors (Lipinski definition) is 6. The second-order valence-electron chi connectivity index (χ2n) is 10.5. The molecule has 2 aliphatic heterocycles.